The number of carbonyl (C=O) groups excluding carboxylic acids is 1. The predicted molar refractivity (Wildman–Crippen MR) is 119 cm³/mol. The van der Waals surface area contributed by atoms with E-state index in [1.165, 1.54) is 16.9 Å². The fourth-order valence-corrected chi connectivity index (χ4v) is 3.58. The van der Waals surface area contributed by atoms with Gasteiger partial charge >= 0.3 is 0 Å². The molecule has 13 heteroatoms. The van der Waals surface area contributed by atoms with Crippen LogP contribution < -0.4 is 5.32 Å². The molecule has 0 saturated heterocycles. The standard InChI is InChI=1S/C22H21F2N9O2/c1-12(11-34)33-21(29-30-31-33)17-3-2-4-19(27-17)28-22(35)18-7-15(16(9-25-18)20(23)24)13-8-26-32(10-13)14-5-6-14/h2-4,7-10,12,14,20,34H,5-6,11H2,1H3,(H,27,28,35)/t12-/m1/s1. The highest BCUT2D eigenvalue weighted by molar-refractivity contribution is 6.03. The Hall–Kier alpha value is -4.13. The number of nitrogens with one attached hydrogen (secondary N) is 1. The molecule has 0 bridgehead atoms. The number of anilines is 1. The Labute approximate surface area is 197 Å². The van der Waals surface area contributed by atoms with E-state index in [4.69, 9.17) is 0 Å². The zero-order valence-electron chi connectivity index (χ0n) is 18.6. The Morgan fingerprint density at radius 1 is 1.29 bits per heavy atom. The summed E-state index contributed by atoms with van der Waals surface area (Å²) in [5.74, 6) is -0.104. The molecule has 0 radical (unpaired) electrons. The van der Waals surface area contributed by atoms with Crippen molar-refractivity contribution in [3.63, 3.8) is 0 Å². The number of halogens is 2. The van der Waals surface area contributed by atoms with E-state index in [0.29, 0.717) is 23.1 Å². The molecule has 4 aromatic rings. The van der Waals surface area contributed by atoms with Gasteiger partial charge in [-0.3, -0.25) is 14.5 Å². The van der Waals surface area contributed by atoms with E-state index < -0.39 is 12.3 Å². The SMILES string of the molecule is C[C@H](CO)n1nnnc1-c1cccc(NC(=O)c2cc(-c3cnn(C4CC4)c3)c(C(F)F)cn2)n1. The number of aliphatic hydroxyl groups excluding tert-OH is 1. The number of aromatic nitrogens is 8. The van der Waals surface area contributed by atoms with Crippen LogP contribution in [-0.2, 0) is 0 Å². The Kier molecular flexibility index (Phi) is 5.99. The van der Waals surface area contributed by atoms with Gasteiger partial charge in [0.2, 0.25) is 5.82 Å². The van der Waals surface area contributed by atoms with Crippen LogP contribution in [-0.4, -0.2) is 57.6 Å². The van der Waals surface area contributed by atoms with Gasteiger partial charge in [0.1, 0.15) is 17.2 Å². The maximum absolute atomic E-state index is 13.7. The summed E-state index contributed by atoms with van der Waals surface area (Å²) in [5.41, 5.74) is 0.748. The molecule has 11 nitrogen and oxygen atoms in total. The highest BCUT2D eigenvalue weighted by Gasteiger charge is 2.26. The van der Waals surface area contributed by atoms with Crippen LogP contribution in [0.2, 0.25) is 0 Å². The second kappa shape index (κ2) is 9.25. The lowest BCUT2D eigenvalue weighted by Crippen LogP contribution is -2.16. The first kappa shape index (κ1) is 22.7. The molecule has 0 unspecified atom stereocenters. The number of rotatable bonds is 8. The van der Waals surface area contributed by atoms with Crippen molar-refractivity contribution in [2.24, 2.45) is 0 Å². The number of tetrazole rings is 1. The first-order valence-electron chi connectivity index (χ1n) is 10.9. The van der Waals surface area contributed by atoms with Gasteiger partial charge in [-0.05, 0) is 54.0 Å². The van der Waals surface area contributed by atoms with Gasteiger partial charge in [-0.2, -0.15) is 5.10 Å². The monoisotopic (exact) mass is 481 g/mol. The quantitative estimate of drug-likeness (QED) is 0.392. The number of pyridine rings is 2. The summed E-state index contributed by atoms with van der Waals surface area (Å²) in [7, 11) is 0. The van der Waals surface area contributed by atoms with Crippen LogP contribution in [0, 0.1) is 0 Å². The number of amides is 1. The van der Waals surface area contributed by atoms with E-state index in [1.807, 2.05) is 0 Å². The van der Waals surface area contributed by atoms with Crippen LogP contribution in [0.3, 0.4) is 0 Å². The van der Waals surface area contributed by atoms with Gasteiger partial charge in [0.15, 0.2) is 0 Å². The summed E-state index contributed by atoms with van der Waals surface area (Å²) >= 11 is 0. The molecule has 0 aliphatic heterocycles. The summed E-state index contributed by atoms with van der Waals surface area (Å²) in [4.78, 5) is 21.2. The highest BCUT2D eigenvalue weighted by atomic mass is 19.3. The van der Waals surface area contributed by atoms with Crippen molar-refractivity contribution in [2.45, 2.75) is 38.3 Å². The lowest BCUT2D eigenvalue weighted by Gasteiger charge is -2.11. The molecule has 1 atom stereocenters. The largest absolute Gasteiger partial charge is 0.394 e. The van der Waals surface area contributed by atoms with Crippen LogP contribution in [0.1, 0.15) is 54.3 Å². The topological polar surface area (TPSA) is 137 Å². The third kappa shape index (κ3) is 4.62. The average Bonchev–Trinajstić information content (AvgIpc) is 3.39. The highest BCUT2D eigenvalue weighted by Crippen LogP contribution is 2.37. The first-order chi connectivity index (χ1) is 16.9. The van der Waals surface area contributed by atoms with Crippen molar-refractivity contribution in [3.8, 4) is 22.6 Å². The molecule has 2 N–H and O–H groups in total. The van der Waals surface area contributed by atoms with E-state index in [2.05, 4.69) is 35.9 Å². The minimum absolute atomic E-state index is 0.0467. The average molecular weight is 481 g/mol. The van der Waals surface area contributed by atoms with E-state index in [-0.39, 0.29) is 35.3 Å². The predicted octanol–water partition coefficient (Wildman–Crippen LogP) is 3.07. The van der Waals surface area contributed by atoms with Gasteiger partial charge in [-0.15, -0.1) is 5.10 Å². The maximum Gasteiger partial charge on any atom is 0.275 e. The molecule has 1 saturated carbocycles. The van der Waals surface area contributed by atoms with Crippen LogP contribution in [0.15, 0.2) is 42.9 Å². The molecule has 35 heavy (non-hydrogen) atoms. The Balaban J connectivity index is 1.41. The second-order valence-electron chi connectivity index (χ2n) is 8.24. The number of hydrogen-bond donors (Lipinski definition) is 2. The van der Waals surface area contributed by atoms with Gasteiger partial charge in [-0.25, -0.2) is 18.4 Å². The Morgan fingerprint density at radius 3 is 2.86 bits per heavy atom. The summed E-state index contributed by atoms with van der Waals surface area (Å²) in [6.45, 7) is 1.57. The van der Waals surface area contributed by atoms with E-state index in [1.54, 1.807) is 36.0 Å². The third-order valence-corrected chi connectivity index (χ3v) is 5.63. The molecule has 4 heterocycles. The molecule has 5 rings (SSSR count). The van der Waals surface area contributed by atoms with Crippen LogP contribution >= 0.6 is 0 Å². The van der Waals surface area contributed by atoms with Crippen LogP contribution in [0.5, 0.6) is 0 Å². The lowest BCUT2D eigenvalue weighted by molar-refractivity contribution is 0.102. The molecule has 0 aromatic carbocycles. The normalized spacial score (nSPS) is 14.3. The van der Waals surface area contributed by atoms with Gasteiger partial charge in [0, 0.05) is 23.5 Å². The van der Waals surface area contributed by atoms with E-state index >= 15 is 0 Å². The smallest absolute Gasteiger partial charge is 0.275 e. The number of hydrogen-bond acceptors (Lipinski definition) is 8. The van der Waals surface area contributed by atoms with Crippen LogP contribution in [0.25, 0.3) is 22.6 Å². The van der Waals surface area contributed by atoms with Gasteiger partial charge in [0.05, 0.1) is 24.9 Å². The third-order valence-electron chi connectivity index (χ3n) is 5.63. The minimum atomic E-state index is -2.76. The van der Waals surface area contributed by atoms with Crippen molar-refractivity contribution in [1.82, 2.24) is 40.0 Å². The maximum atomic E-state index is 13.7. The van der Waals surface area contributed by atoms with Crippen LogP contribution in [0.4, 0.5) is 14.6 Å². The van der Waals surface area contributed by atoms with Crippen molar-refractivity contribution in [2.75, 3.05) is 11.9 Å². The molecule has 1 aliphatic rings. The summed E-state index contributed by atoms with van der Waals surface area (Å²) in [6.07, 6.45) is 3.49. The number of nitrogens with zero attached hydrogens (tertiary/aromatic N) is 8. The first-order valence-corrected chi connectivity index (χ1v) is 10.9. The zero-order valence-corrected chi connectivity index (χ0v) is 18.6. The summed E-state index contributed by atoms with van der Waals surface area (Å²) < 4.78 is 30.5. The van der Waals surface area contributed by atoms with Crippen molar-refractivity contribution in [1.29, 1.82) is 0 Å². The lowest BCUT2D eigenvalue weighted by atomic mass is 10.0. The Bertz CT molecular complexity index is 1370. The van der Waals surface area contributed by atoms with E-state index in [9.17, 15) is 18.7 Å². The second-order valence-corrected chi connectivity index (χ2v) is 8.24. The minimum Gasteiger partial charge on any atom is -0.394 e. The molecule has 1 aliphatic carbocycles. The van der Waals surface area contributed by atoms with Crippen molar-refractivity contribution >= 4 is 11.7 Å². The molecule has 1 amide bonds. The van der Waals surface area contributed by atoms with Crippen molar-refractivity contribution in [3.05, 3.63) is 54.1 Å². The van der Waals surface area contributed by atoms with Gasteiger partial charge in [0.25, 0.3) is 12.3 Å². The molecule has 1 fully saturated rings. The van der Waals surface area contributed by atoms with Gasteiger partial charge < -0.3 is 10.4 Å². The molecule has 0 spiro atoms. The number of carbonyl (C=O) groups is 1. The molecular formula is C22H21F2N9O2. The molecular weight excluding hydrogens is 460 g/mol. The Morgan fingerprint density at radius 2 is 2.11 bits per heavy atom. The zero-order chi connectivity index (χ0) is 24.5. The number of aliphatic hydroxyl groups is 1. The fraction of sp³-hybridized carbons (Fsp3) is 0.318. The summed E-state index contributed by atoms with van der Waals surface area (Å²) in [6, 6.07) is 6.14. The van der Waals surface area contributed by atoms with Crippen molar-refractivity contribution < 1.29 is 18.7 Å². The van der Waals surface area contributed by atoms with E-state index in [0.717, 1.165) is 19.0 Å². The molecule has 180 valence electrons. The van der Waals surface area contributed by atoms with Gasteiger partial charge in [-0.1, -0.05) is 6.07 Å². The molecule has 4 aromatic heterocycles. The fourth-order valence-electron chi connectivity index (χ4n) is 3.58. The number of alkyl halides is 2. The summed E-state index contributed by atoms with van der Waals surface area (Å²) in [5, 5.41) is 27.8.